The molecule has 0 spiro atoms. The topological polar surface area (TPSA) is 104 Å². The Morgan fingerprint density at radius 1 is 1.07 bits per heavy atom. The predicted molar refractivity (Wildman–Crippen MR) is 113 cm³/mol. The molecule has 0 aliphatic rings. The van der Waals surface area contributed by atoms with Crippen molar-refractivity contribution in [3.8, 4) is 17.2 Å². The molecular formula is C20H18N6O3S. The van der Waals surface area contributed by atoms with Crippen LogP contribution in [0.15, 0.2) is 59.9 Å². The first-order valence-electron chi connectivity index (χ1n) is 8.95. The van der Waals surface area contributed by atoms with Crippen molar-refractivity contribution in [3.05, 3.63) is 54.9 Å². The van der Waals surface area contributed by atoms with Crippen LogP contribution in [0.3, 0.4) is 0 Å². The summed E-state index contributed by atoms with van der Waals surface area (Å²) in [6, 6.07) is 14.6. The lowest BCUT2D eigenvalue weighted by Gasteiger charge is -2.07. The van der Waals surface area contributed by atoms with Gasteiger partial charge >= 0.3 is 0 Å². The van der Waals surface area contributed by atoms with Gasteiger partial charge in [-0.1, -0.05) is 29.1 Å². The molecule has 10 heteroatoms. The SMILES string of the molecule is COc1cccc(NC(=O)CSc2ncnc3c2nnn3-c2cccc(OC)c2)c1. The summed E-state index contributed by atoms with van der Waals surface area (Å²) in [6.45, 7) is 0. The van der Waals surface area contributed by atoms with Crippen LogP contribution in [-0.4, -0.2) is 50.8 Å². The van der Waals surface area contributed by atoms with E-state index >= 15 is 0 Å². The van der Waals surface area contributed by atoms with Gasteiger partial charge in [-0.25, -0.2) is 9.97 Å². The van der Waals surface area contributed by atoms with Crippen LogP contribution >= 0.6 is 11.8 Å². The number of carbonyl (C=O) groups excluding carboxylic acids is 1. The molecule has 1 amide bonds. The number of amides is 1. The maximum absolute atomic E-state index is 12.3. The molecule has 4 aromatic rings. The number of methoxy groups -OCH3 is 2. The number of fused-ring (bicyclic) bond motifs is 1. The minimum absolute atomic E-state index is 0.162. The standard InChI is InChI=1S/C20H18N6O3S/c1-28-15-7-3-5-13(9-15)23-17(27)11-30-20-18-19(21-12-22-20)26(25-24-18)14-6-4-8-16(10-14)29-2/h3-10,12H,11H2,1-2H3,(H,23,27). The van der Waals surface area contributed by atoms with Crippen LogP contribution in [0.2, 0.25) is 0 Å². The second-order valence-corrected chi connectivity index (χ2v) is 7.09. The number of thioether (sulfide) groups is 1. The first-order chi connectivity index (χ1) is 14.7. The van der Waals surface area contributed by atoms with Crippen molar-refractivity contribution in [1.82, 2.24) is 25.0 Å². The van der Waals surface area contributed by atoms with Crippen molar-refractivity contribution in [2.75, 3.05) is 25.3 Å². The third-order valence-corrected chi connectivity index (χ3v) is 5.17. The van der Waals surface area contributed by atoms with Crippen LogP contribution in [-0.2, 0) is 4.79 Å². The van der Waals surface area contributed by atoms with Gasteiger partial charge in [0, 0.05) is 17.8 Å². The molecule has 2 aromatic heterocycles. The summed E-state index contributed by atoms with van der Waals surface area (Å²) < 4.78 is 12.0. The van der Waals surface area contributed by atoms with Crippen LogP contribution in [0.5, 0.6) is 11.5 Å². The maximum Gasteiger partial charge on any atom is 0.234 e. The number of nitrogens with one attached hydrogen (secondary N) is 1. The predicted octanol–water partition coefficient (Wildman–Crippen LogP) is 2.96. The number of nitrogens with zero attached hydrogens (tertiary/aromatic N) is 5. The number of ether oxygens (including phenoxy) is 2. The van der Waals surface area contributed by atoms with Crippen molar-refractivity contribution in [3.63, 3.8) is 0 Å². The highest BCUT2D eigenvalue weighted by Crippen LogP contribution is 2.25. The van der Waals surface area contributed by atoms with Gasteiger partial charge in [0.15, 0.2) is 11.2 Å². The Hall–Kier alpha value is -3.66. The second-order valence-electron chi connectivity index (χ2n) is 6.12. The monoisotopic (exact) mass is 422 g/mol. The van der Waals surface area contributed by atoms with E-state index in [1.54, 1.807) is 31.0 Å². The molecular weight excluding hydrogens is 404 g/mol. The number of anilines is 1. The number of rotatable bonds is 7. The maximum atomic E-state index is 12.3. The second kappa shape index (κ2) is 8.78. The smallest absolute Gasteiger partial charge is 0.234 e. The van der Waals surface area contributed by atoms with E-state index in [-0.39, 0.29) is 11.7 Å². The van der Waals surface area contributed by atoms with E-state index in [0.717, 1.165) is 5.69 Å². The summed E-state index contributed by atoms with van der Waals surface area (Å²) in [7, 11) is 3.18. The van der Waals surface area contributed by atoms with Gasteiger partial charge in [0.05, 0.1) is 25.7 Å². The zero-order valence-electron chi connectivity index (χ0n) is 16.3. The summed E-state index contributed by atoms with van der Waals surface area (Å²) in [5.74, 6) is 1.37. The molecule has 0 atom stereocenters. The molecule has 2 heterocycles. The summed E-state index contributed by atoms with van der Waals surface area (Å²) >= 11 is 1.27. The Morgan fingerprint density at radius 3 is 2.63 bits per heavy atom. The van der Waals surface area contributed by atoms with E-state index < -0.39 is 0 Å². The van der Waals surface area contributed by atoms with Gasteiger partial charge in [-0.2, -0.15) is 4.68 Å². The van der Waals surface area contributed by atoms with Crippen LogP contribution in [0.1, 0.15) is 0 Å². The molecule has 0 radical (unpaired) electrons. The summed E-state index contributed by atoms with van der Waals surface area (Å²) in [4.78, 5) is 20.9. The summed E-state index contributed by atoms with van der Waals surface area (Å²) in [6.07, 6.45) is 1.44. The van der Waals surface area contributed by atoms with E-state index in [9.17, 15) is 4.79 Å². The van der Waals surface area contributed by atoms with Crippen molar-refractivity contribution >= 4 is 34.5 Å². The lowest BCUT2D eigenvalue weighted by molar-refractivity contribution is -0.113. The molecule has 4 rings (SSSR count). The molecule has 0 aliphatic heterocycles. The zero-order valence-corrected chi connectivity index (χ0v) is 17.1. The van der Waals surface area contributed by atoms with Crippen LogP contribution in [0.25, 0.3) is 16.9 Å². The van der Waals surface area contributed by atoms with Crippen LogP contribution in [0.4, 0.5) is 5.69 Å². The Labute approximate surface area is 176 Å². The lowest BCUT2D eigenvalue weighted by atomic mass is 10.3. The van der Waals surface area contributed by atoms with Gasteiger partial charge in [-0.3, -0.25) is 4.79 Å². The normalized spacial score (nSPS) is 10.7. The van der Waals surface area contributed by atoms with Crippen molar-refractivity contribution in [2.24, 2.45) is 0 Å². The number of aromatic nitrogens is 5. The molecule has 0 unspecified atom stereocenters. The highest BCUT2D eigenvalue weighted by Gasteiger charge is 2.15. The van der Waals surface area contributed by atoms with Crippen LogP contribution in [0, 0.1) is 0 Å². The molecule has 0 bridgehead atoms. The quantitative estimate of drug-likeness (QED) is 0.358. The third-order valence-electron chi connectivity index (χ3n) is 4.20. The van der Waals surface area contributed by atoms with Gasteiger partial charge < -0.3 is 14.8 Å². The van der Waals surface area contributed by atoms with Gasteiger partial charge in [0.25, 0.3) is 0 Å². The molecule has 0 fully saturated rings. The average molecular weight is 422 g/mol. The minimum atomic E-state index is -0.166. The minimum Gasteiger partial charge on any atom is -0.497 e. The summed E-state index contributed by atoms with van der Waals surface area (Å²) in [5, 5.41) is 11.8. The molecule has 0 saturated carbocycles. The Balaban J connectivity index is 1.51. The highest BCUT2D eigenvalue weighted by atomic mass is 32.2. The van der Waals surface area contributed by atoms with Gasteiger partial charge in [-0.05, 0) is 24.3 Å². The number of benzene rings is 2. The Morgan fingerprint density at radius 2 is 1.83 bits per heavy atom. The first kappa shape index (κ1) is 19.6. The Bertz CT molecular complexity index is 1200. The van der Waals surface area contributed by atoms with E-state index in [4.69, 9.17) is 9.47 Å². The largest absolute Gasteiger partial charge is 0.497 e. The van der Waals surface area contributed by atoms with Crippen molar-refractivity contribution in [1.29, 1.82) is 0 Å². The average Bonchev–Trinajstić information content (AvgIpc) is 3.22. The molecule has 1 N–H and O–H groups in total. The molecule has 152 valence electrons. The fourth-order valence-corrected chi connectivity index (χ4v) is 3.51. The van der Waals surface area contributed by atoms with E-state index in [1.807, 2.05) is 36.4 Å². The molecule has 9 nitrogen and oxygen atoms in total. The highest BCUT2D eigenvalue weighted by molar-refractivity contribution is 8.00. The fourth-order valence-electron chi connectivity index (χ4n) is 2.78. The van der Waals surface area contributed by atoms with Crippen molar-refractivity contribution in [2.45, 2.75) is 5.03 Å². The Kier molecular flexibility index (Phi) is 5.75. The number of hydrogen-bond acceptors (Lipinski definition) is 8. The van der Waals surface area contributed by atoms with E-state index in [2.05, 4.69) is 25.6 Å². The lowest BCUT2D eigenvalue weighted by Crippen LogP contribution is -2.14. The zero-order chi connectivity index (χ0) is 20.9. The summed E-state index contributed by atoms with van der Waals surface area (Å²) in [5.41, 5.74) is 2.51. The number of hydrogen-bond donors (Lipinski definition) is 1. The van der Waals surface area contributed by atoms with E-state index in [0.29, 0.717) is 33.4 Å². The third kappa shape index (κ3) is 4.18. The van der Waals surface area contributed by atoms with E-state index in [1.165, 1.54) is 18.1 Å². The molecule has 0 saturated heterocycles. The fraction of sp³-hybridized carbons (Fsp3) is 0.150. The molecule has 0 aliphatic carbocycles. The van der Waals surface area contributed by atoms with Gasteiger partial charge in [0.2, 0.25) is 5.91 Å². The van der Waals surface area contributed by atoms with Gasteiger partial charge in [0.1, 0.15) is 22.9 Å². The molecule has 30 heavy (non-hydrogen) atoms. The first-order valence-corrected chi connectivity index (χ1v) is 9.94. The van der Waals surface area contributed by atoms with Crippen LogP contribution < -0.4 is 14.8 Å². The van der Waals surface area contributed by atoms with Gasteiger partial charge in [-0.15, -0.1) is 5.10 Å². The molecule has 2 aromatic carbocycles. The van der Waals surface area contributed by atoms with Crippen molar-refractivity contribution < 1.29 is 14.3 Å². The number of carbonyl (C=O) groups is 1.